The van der Waals surface area contributed by atoms with Gasteiger partial charge in [-0.15, -0.1) is 0 Å². The summed E-state index contributed by atoms with van der Waals surface area (Å²) >= 11 is 0. The fourth-order valence-corrected chi connectivity index (χ4v) is 2.16. The maximum Gasteiger partial charge on any atom is 0.200 e. The monoisotopic (exact) mass is 267 g/mol. The third-order valence-corrected chi connectivity index (χ3v) is 3.17. The van der Waals surface area contributed by atoms with E-state index in [1.807, 2.05) is 31.3 Å². The van der Waals surface area contributed by atoms with Crippen molar-refractivity contribution in [3.05, 3.63) is 54.2 Å². The third-order valence-electron chi connectivity index (χ3n) is 3.17. The van der Waals surface area contributed by atoms with Gasteiger partial charge >= 0.3 is 0 Å². The number of H-pyrrole nitrogens is 2. The van der Waals surface area contributed by atoms with E-state index in [1.165, 1.54) is 0 Å². The predicted octanol–water partition coefficient (Wildman–Crippen LogP) is 2.76. The Hall–Kier alpha value is -2.56. The lowest BCUT2D eigenvalue weighted by Gasteiger charge is -2.00. The lowest BCUT2D eigenvalue weighted by molar-refractivity contribution is 0.961. The molecule has 1 aromatic carbocycles. The zero-order valence-corrected chi connectivity index (χ0v) is 11.4. The number of rotatable bonds is 5. The number of anilines is 1. The van der Waals surface area contributed by atoms with E-state index in [4.69, 9.17) is 0 Å². The Morgan fingerprint density at radius 2 is 2.05 bits per heavy atom. The Morgan fingerprint density at radius 1 is 1.20 bits per heavy atom. The number of aromatic nitrogens is 4. The number of aryl methyl sites for hydroxylation is 1. The Morgan fingerprint density at radius 3 is 2.80 bits per heavy atom. The molecule has 20 heavy (non-hydrogen) atoms. The van der Waals surface area contributed by atoms with E-state index < -0.39 is 0 Å². The highest BCUT2D eigenvalue weighted by Gasteiger charge is 2.08. The molecule has 102 valence electrons. The van der Waals surface area contributed by atoms with E-state index in [9.17, 15) is 0 Å². The molecule has 3 rings (SSSR count). The van der Waals surface area contributed by atoms with Gasteiger partial charge in [-0.2, -0.15) is 0 Å². The average molecular weight is 267 g/mol. The lowest BCUT2D eigenvalue weighted by Crippen LogP contribution is -2.06. The van der Waals surface area contributed by atoms with Gasteiger partial charge in [0, 0.05) is 36.1 Å². The van der Waals surface area contributed by atoms with Gasteiger partial charge in [0.2, 0.25) is 5.95 Å². The maximum atomic E-state index is 4.61. The zero-order valence-electron chi connectivity index (χ0n) is 11.4. The maximum absolute atomic E-state index is 4.61. The molecular weight excluding hydrogens is 250 g/mol. The second-order valence-electron chi connectivity index (χ2n) is 4.68. The first-order valence-corrected chi connectivity index (χ1v) is 6.66. The van der Waals surface area contributed by atoms with Crippen LogP contribution < -0.4 is 5.32 Å². The van der Waals surface area contributed by atoms with Gasteiger partial charge in [0.25, 0.3) is 0 Å². The summed E-state index contributed by atoms with van der Waals surface area (Å²) in [5, 5.41) is 3.30. The Balaban J connectivity index is 1.66. The molecule has 5 nitrogen and oxygen atoms in total. The molecule has 0 spiro atoms. The molecule has 2 aromatic heterocycles. The van der Waals surface area contributed by atoms with E-state index in [0.29, 0.717) is 0 Å². The highest BCUT2D eigenvalue weighted by Crippen LogP contribution is 2.22. The van der Waals surface area contributed by atoms with E-state index in [1.54, 1.807) is 6.33 Å². The first kappa shape index (κ1) is 12.5. The van der Waals surface area contributed by atoms with Crippen molar-refractivity contribution in [3.63, 3.8) is 0 Å². The second-order valence-corrected chi connectivity index (χ2v) is 4.68. The van der Waals surface area contributed by atoms with Crippen LogP contribution in [0.4, 0.5) is 5.95 Å². The quantitative estimate of drug-likeness (QED) is 0.665. The smallest absolute Gasteiger partial charge is 0.200 e. The van der Waals surface area contributed by atoms with Crippen LogP contribution in [0.2, 0.25) is 0 Å². The highest BCUT2D eigenvalue weighted by molar-refractivity contribution is 5.63. The fraction of sp³-hybridized carbons (Fsp3) is 0.200. The van der Waals surface area contributed by atoms with Gasteiger partial charge in [0.1, 0.15) is 0 Å². The number of imidazole rings is 2. The predicted molar refractivity (Wildman–Crippen MR) is 79.5 cm³/mol. The van der Waals surface area contributed by atoms with Crippen molar-refractivity contribution in [2.24, 2.45) is 0 Å². The summed E-state index contributed by atoms with van der Waals surface area (Å²) in [6.07, 6.45) is 4.42. The Bertz CT molecular complexity index is 655. The Labute approximate surface area is 117 Å². The summed E-state index contributed by atoms with van der Waals surface area (Å²) in [6, 6.07) is 10.2. The summed E-state index contributed by atoms with van der Waals surface area (Å²) in [7, 11) is 0. The van der Waals surface area contributed by atoms with Crippen LogP contribution in [0.1, 0.15) is 11.4 Å². The molecule has 0 unspecified atom stereocenters. The topological polar surface area (TPSA) is 69.4 Å². The minimum atomic E-state index is 0.806. The standard InChI is InChI=1S/C15H17N5/c1-11-14(12-5-3-2-4-6-12)20-15(19-11)17-8-7-13-9-16-10-18-13/h2-6,9-10H,7-8H2,1H3,(H,16,18)(H2,17,19,20). The minimum Gasteiger partial charge on any atom is -0.355 e. The van der Waals surface area contributed by atoms with Gasteiger partial charge < -0.3 is 15.3 Å². The largest absolute Gasteiger partial charge is 0.355 e. The molecular formula is C15H17N5. The van der Waals surface area contributed by atoms with Crippen molar-refractivity contribution in [2.45, 2.75) is 13.3 Å². The molecule has 0 amide bonds. The summed E-state index contributed by atoms with van der Waals surface area (Å²) in [6.45, 7) is 2.85. The van der Waals surface area contributed by atoms with Gasteiger partial charge in [-0.1, -0.05) is 30.3 Å². The van der Waals surface area contributed by atoms with E-state index in [2.05, 4.69) is 37.4 Å². The van der Waals surface area contributed by atoms with Crippen molar-refractivity contribution in [3.8, 4) is 11.3 Å². The van der Waals surface area contributed by atoms with Gasteiger partial charge in [0.15, 0.2) is 0 Å². The van der Waals surface area contributed by atoms with E-state index in [-0.39, 0.29) is 0 Å². The fourth-order valence-electron chi connectivity index (χ4n) is 2.16. The van der Waals surface area contributed by atoms with Crippen LogP contribution in [0.3, 0.4) is 0 Å². The van der Waals surface area contributed by atoms with Crippen molar-refractivity contribution in [1.82, 2.24) is 19.9 Å². The number of benzene rings is 1. The number of hydrogen-bond acceptors (Lipinski definition) is 3. The van der Waals surface area contributed by atoms with Gasteiger partial charge in [-0.25, -0.2) is 9.97 Å². The first-order chi connectivity index (χ1) is 9.83. The van der Waals surface area contributed by atoms with Crippen LogP contribution in [-0.2, 0) is 6.42 Å². The molecule has 0 aliphatic carbocycles. The summed E-state index contributed by atoms with van der Waals surface area (Å²) in [4.78, 5) is 15.0. The molecule has 0 aliphatic rings. The molecule has 0 atom stereocenters. The van der Waals surface area contributed by atoms with Crippen LogP contribution in [-0.4, -0.2) is 26.5 Å². The molecule has 3 N–H and O–H groups in total. The molecule has 3 aromatic rings. The van der Waals surface area contributed by atoms with Gasteiger partial charge in [-0.3, -0.25) is 0 Å². The summed E-state index contributed by atoms with van der Waals surface area (Å²) in [5.74, 6) is 0.806. The average Bonchev–Trinajstić information content (AvgIpc) is 3.10. The van der Waals surface area contributed by atoms with Crippen LogP contribution in [0, 0.1) is 6.92 Å². The summed E-state index contributed by atoms with van der Waals surface area (Å²) < 4.78 is 0. The van der Waals surface area contributed by atoms with Crippen LogP contribution in [0.25, 0.3) is 11.3 Å². The van der Waals surface area contributed by atoms with Crippen LogP contribution in [0.15, 0.2) is 42.9 Å². The molecule has 5 heteroatoms. The highest BCUT2D eigenvalue weighted by atomic mass is 15.1. The first-order valence-electron chi connectivity index (χ1n) is 6.66. The second kappa shape index (κ2) is 5.61. The van der Waals surface area contributed by atoms with Crippen molar-refractivity contribution >= 4 is 5.95 Å². The van der Waals surface area contributed by atoms with Crippen molar-refractivity contribution in [1.29, 1.82) is 0 Å². The summed E-state index contributed by atoms with van der Waals surface area (Å²) in [5.41, 5.74) is 4.31. The number of nitrogens with one attached hydrogen (secondary N) is 3. The number of hydrogen-bond donors (Lipinski definition) is 3. The van der Waals surface area contributed by atoms with E-state index >= 15 is 0 Å². The van der Waals surface area contributed by atoms with Gasteiger partial charge in [-0.05, 0) is 6.92 Å². The van der Waals surface area contributed by atoms with Crippen LogP contribution in [0.5, 0.6) is 0 Å². The normalized spacial score (nSPS) is 10.7. The molecule has 0 radical (unpaired) electrons. The minimum absolute atomic E-state index is 0.806. The Kier molecular flexibility index (Phi) is 3.50. The van der Waals surface area contributed by atoms with Crippen molar-refractivity contribution < 1.29 is 0 Å². The lowest BCUT2D eigenvalue weighted by atomic mass is 10.1. The van der Waals surface area contributed by atoms with E-state index in [0.717, 1.165) is 41.6 Å². The zero-order chi connectivity index (χ0) is 13.8. The third kappa shape index (κ3) is 2.71. The molecule has 0 saturated heterocycles. The number of aromatic amines is 2. The van der Waals surface area contributed by atoms with Gasteiger partial charge in [0.05, 0.1) is 12.0 Å². The molecule has 0 bridgehead atoms. The molecule has 0 saturated carbocycles. The molecule has 0 fully saturated rings. The SMILES string of the molecule is Cc1[nH]c(NCCc2cnc[nH]2)nc1-c1ccccc1. The van der Waals surface area contributed by atoms with Crippen LogP contribution >= 0.6 is 0 Å². The van der Waals surface area contributed by atoms with Crippen molar-refractivity contribution in [2.75, 3.05) is 11.9 Å². The molecule has 0 aliphatic heterocycles. The number of nitrogens with zero attached hydrogens (tertiary/aromatic N) is 2. The molecule has 2 heterocycles.